The van der Waals surface area contributed by atoms with Gasteiger partial charge in [-0.05, 0) is 23.1 Å². The molecular formula is C16H23NO2. The monoisotopic (exact) mass is 261 g/mol. The van der Waals surface area contributed by atoms with Gasteiger partial charge in [-0.1, -0.05) is 32.9 Å². The summed E-state index contributed by atoms with van der Waals surface area (Å²) in [6, 6.07) is 7.85. The van der Waals surface area contributed by atoms with Crippen molar-refractivity contribution in [1.29, 1.82) is 0 Å². The van der Waals surface area contributed by atoms with Crippen molar-refractivity contribution in [3.63, 3.8) is 0 Å². The molecule has 104 valence electrons. The van der Waals surface area contributed by atoms with Crippen molar-refractivity contribution >= 4 is 5.78 Å². The predicted octanol–water partition coefficient (Wildman–Crippen LogP) is 3.35. The number of nitrogens with zero attached hydrogens (tertiary/aromatic N) is 1. The van der Waals surface area contributed by atoms with E-state index in [0.29, 0.717) is 11.5 Å². The molecule has 0 N–H and O–H groups in total. The summed E-state index contributed by atoms with van der Waals surface area (Å²) in [6.07, 6.45) is 1.68. The molecule has 3 heteroatoms. The molecule has 0 heterocycles. The molecule has 1 aromatic rings. The van der Waals surface area contributed by atoms with Gasteiger partial charge in [0.15, 0.2) is 11.5 Å². The molecule has 3 nitrogen and oxygen atoms in total. The Kier molecular flexibility index (Phi) is 4.76. The molecule has 1 rings (SSSR count). The molecule has 0 unspecified atom stereocenters. The molecule has 0 aliphatic rings. The van der Waals surface area contributed by atoms with E-state index in [0.717, 1.165) is 0 Å². The minimum Gasteiger partial charge on any atom is -0.452 e. The maximum atomic E-state index is 11.5. The van der Waals surface area contributed by atoms with Gasteiger partial charge in [0.25, 0.3) is 0 Å². The Balaban J connectivity index is 2.90. The number of carbonyl (C=O) groups is 1. The quantitative estimate of drug-likeness (QED) is 0.615. The van der Waals surface area contributed by atoms with E-state index in [1.165, 1.54) is 12.5 Å². The van der Waals surface area contributed by atoms with Gasteiger partial charge in [-0.2, -0.15) is 0 Å². The first-order valence-electron chi connectivity index (χ1n) is 6.38. The maximum absolute atomic E-state index is 11.5. The van der Waals surface area contributed by atoms with Gasteiger partial charge in [-0.3, -0.25) is 4.79 Å². The van der Waals surface area contributed by atoms with E-state index in [1.807, 2.05) is 38.4 Å². The van der Waals surface area contributed by atoms with Crippen LogP contribution in [0.25, 0.3) is 0 Å². The second-order valence-corrected chi connectivity index (χ2v) is 5.89. The molecule has 0 aliphatic carbocycles. The average molecular weight is 261 g/mol. The Morgan fingerprint density at radius 3 is 2.05 bits per heavy atom. The number of Topliss-reactive ketones (excluding diaryl/α,β-unsaturated/α-hetero) is 1. The lowest BCUT2D eigenvalue weighted by Crippen LogP contribution is -2.12. The van der Waals surface area contributed by atoms with Crippen LogP contribution in [-0.4, -0.2) is 24.8 Å². The van der Waals surface area contributed by atoms with Crippen molar-refractivity contribution < 1.29 is 9.53 Å². The van der Waals surface area contributed by atoms with Crippen LogP contribution in [0, 0.1) is 0 Å². The fourth-order valence-electron chi connectivity index (χ4n) is 1.57. The second-order valence-electron chi connectivity index (χ2n) is 5.89. The maximum Gasteiger partial charge on any atom is 0.196 e. The fourth-order valence-corrected chi connectivity index (χ4v) is 1.57. The van der Waals surface area contributed by atoms with Gasteiger partial charge < -0.3 is 9.64 Å². The summed E-state index contributed by atoms with van der Waals surface area (Å²) in [7, 11) is 3.71. The van der Waals surface area contributed by atoms with Crippen LogP contribution >= 0.6 is 0 Å². The number of allylic oxidation sites excluding steroid dienone is 1. The van der Waals surface area contributed by atoms with Crippen molar-refractivity contribution in [3.8, 4) is 5.75 Å². The molecule has 1 aromatic carbocycles. The molecule has 0 fully saturated rings. The van der Waals surface area contributed by atoms with Gasteiger partial charge >= 0.3 is 0 Å². The Morgan fingerprint density at radius 2 is 1.68 bits per heavy atom. The Morgan fingerprint density at radius 1 is 1.16 bits per heavy atom. The summed E-state index contributed by atoms with van der Waals surface area (Å²) >= 11 is 0. The van der Waals surface area contributed by atoms with Crippen LogP contribution in [0.2, 0.25) is 0 Å². The standard InChI is InChI=1S/C16H23NO2/c1-12(18)15(11-17(5)6)19-14-9-7-13(8-10-14)16(2,3)4/h7-11H,1-6H3/b15-11+. The number of benzene rings is 1. The van der Waals surface area contributed by atoms with E-state index in [1.54, 1.807) is 11.1 Å². The highest BCUT2D eigenvalue weighted by Gasteiger charge is 2.14. The van der Waals surface area contributed by atoms with Crippen LogP contribution < -0.4 is 4.74 Å². The smallest absolute Gasteiger partial charge is 0.196 e. The SMILES string of the molecule is CC(=O)/C(=C\N(C)C)Oc1ccc(C(C)(C)C)cc1. The zero-order valence-electron chi connectivity index (χ0n) is 12.7. The first kappa shape index (κ1) is 15.3. The van der Waals surface area contributed by atoms with Gasteiger partial charge in [-0.25, -0.2) is 0 Å². The first-order valence-corrected chi connectivity index (χ1v) is 6.38. The zero-order chi connectivity index (χ0) is 14.6. The summed E-state index contributed by atoms with van der Waals surface area (Å²) in [5, 5.41) is 0. The summed E-state index contributed by atoms with van der Waals surface area (Å²) < 4.78 is 5.62. The topological polar surface area (TPSA) is 29.5 Å². The van der Waals surface area contributed by atoms with Crippen molar-refractivity contribution in [2.75, 3.05) is 14.1 Å². The van der Waals surface area contributed by atoms with Crippen LogP contribution in [0.3, 0.4) is 0 Å². The lowest BCUT2D eigenvalue weighted by molar-refractivity contribution is -0.115. The highest BCUT2D eigenvalue weighted by molar-refractivity contribution is 5.91. The second kappa shape index (κ2) is 5.91. The molecule has 0 aliphatic heterocycles. The highest BCUT2D eigenvalue weighted by atomic mass is 16.5. The van der Waals surface area contributed by atoms with Crippen LogP contribution in [-0.2, 0) is 10.2 Å². The Bertz CT molecular complexity index is 465. The first-order chi connectivity index (χ1) is 8.70. The average Bonchev–Trinajstić information content (AvgIpc) is 2.27. The molecule has 0 saturated heterocycles. The van der Waals surface area contributed by atoms with Crippen LogP contribution in [0.4, 0.5) is 0 Å². The van der Waals surface area contributed by atoms with E-state index in [4.69, 9.17) is 4.74 Å². The van der Waals surface area contributed by atoms with Gasteiger partial charge in [0.05, 0.1) is 0 Å². The van der Waals surface area contributed by atoms with E-state index in [2.05, 4.69) is 20.8 Å². The van der Waals surface area contributed by atoms with Crippen LogP contribution in [0.5, 0.6) is 5.75 Å². The summed E-state index contributed by atoms with van der Waals surface area (Å²) in [5.74, 6) is 0.929. The molecule has 0 aromatic heterocycles. The van der Waals surface area contributed by atoms with Gasteiger partial charge in [0, 0.05) is 27.2 Å². The van der Waals surface area contributed by atoms with Crippen LogP contribution in [0.15, 0.2) is 36.2 Å². The molecule has 0 spiro atoms. The molecule has 0 saturated carbocycles. The lowest BCUT2D eigenvalue weighted by atomic mass is 9.87. The zero-order valence-corrected chi connectivity index (χ0v) is 12.7. The fraction of sp³-hybridized carbons (Fsp3) is 0.438. The molecule has 0 amide bonds. The van der Waals surface area contributed by atoms with Crippen LogP contribution in [0.1, 0.15) is 33.3 Å². The summed E-state index contributed by atoms with van der Waals surface area (Å²) in [6.45, 7) is 7.99. The highest BCUT2D eigenvalue weighted by Crippen LogP contribution is 2.25. The Hall–Kier alpha value is -1.77. The molecule has 0 atom stereocenters. The van der Waals surface area contributed by atoms with Crippen molar-refractivity contribution in [2.24, 2.45) is 0 Å². The third-order valence-electron chi connectivity index (χ3n) is 2.67. The number of rotatable bonds is 4. The minimum absolute atomic E-state index is 0.0893. The Labute approximate surface area is 115 Å². The normalized spacial score (nSPS) is 12.2. The largest absolute Gasteiger partial charge is 0.452 e. The third kappa shape index (κ3) is 4.78. The molecule has 0 radical (unpaired) electrons. The molecule has 19 heavy (non-hydrogen) atoms. The summed E-state index contributed by atoms with van der Waals surface area (Å²) in [5.41, 5.74) is 1.35. The van der Waals surface area contributed by atoms with E-state index in [-0.39, 0.29) is 11.2 Å². The predicted molar refractivity (Wildman–Crippen MR) is 78.2 cm³/mol. The molecular weight excluding hydrogens is 238 g/mol. The van der Waals surface area contributed by atoms with E-state index >= 15 is 0 Å². The van der Waals surface area contributed by atoms with Gasteiger partial charge in [-0.15, -0.1) is 0 Å². The van der Waals surface area contributed by atoms with Gasteiger partial charge in [0.2, 0.25) is 0 Å². The summed E-state index contributed by atoms with van der Waals surface area (Å²) in [4.78, 5) is 13.3. The van der Waals surface area contributed by atoms with Gasteiger partial charge in [0.1, 0.15) is 5.75 Å². The number of ether oxygens (including phenoxy) is 1. The number of hydrogen-bond donors (Lipinski definition) is 0. The van der Waals surface area contributed by atoms with Crippen molar-refractivity contribution in [1.82, 2.24) is 4.90 Å². The number of hydrogen-bond acceptors (Lipinski definition) is 3. The third-order valence-corrected chi connectivity index (χ3v) is 2.67. The van der Waals surface area contributed by atoms with Crippen molar-refractivity contribution in [3.05, 3.63) is 41.8 Å². The van der Waals surface area contributed by atoms with E-state index < -0.39 is 0 Å². The van der Waals surface area contributed by atoms with E-state index in [9.17, 15) is 4.79 Å². The minimum atomic E-state index is -0.0893. The van der Waals surface area contributed by atoms with Crippen molar-refractivity contribution in [2.45, 2.75) is 33.1 Å². The lowest BCUT2D eigenvalue weighted by Gasteiger charge is -2.19. The number of ketones is 1. The molecule has 0 bridgehead atoms. The number of carbonyl (C=O) groups excluding carboxylic acids is 1.